The van der Waals surface area contributed by atoms with Crippen molar-refractivity contribution in [3.05, 3.63) is 102 Å². The lowest BCUT2D eigenvalue weighted by Crippen LogP contribution is -2.30. The standard InChI is InChI=1S/C24H23N5O2/c1-2-28(24(30)21-10-12-22(13-11-21)29-18-25-26-27-29)16-19-8-14-23(15-9-19)31-17-20-6-4-3-5-7-20/h3-15,18H,2,16-17H2,1H3. The topological polar surface area (TPSA) is 73.1 Å². The number of hydrogen-bond donors (Lipinski definition) is 0. The van der Waals surface area contributed by atoms with E-state index in [4.69, 9.17) is 4.74 Å². The Bertz CT molecular complexity index is 1100. The number of carbonyl (C=O) groups excluding carboxylic acids is 1. The Kier molecular flexibility index (Phi) is 6.32. The van der Waals surface area contributed by atoms with E-state index in [0.29, 0.717) is 25.3 Å². The SMILES string of the molecule is CCN(Cc1ccc(OCc2ccccc2)cc1)C(=O)c1ccc(-n2cnnn2)cc1. The van der Waals surface area contributed by atoms with Crippen LogP contribution in [0.4, 0.5) is 0 Å². The second kappa shape index (κ2) is 9.67. The molecule has 0 radical (unpaired) electrons. The van der Waals surface area contributed by atoms with Crippen LogP contribution < -0.4 is 4.74 Å². The molecule has 0 aliphatic rings. The van der Waals surface area contributed by atoms with E-state index in [1.165, 1.54) is 6.33 Å². The van der Waals surface area contributed by atoms with Gasteiger partial charge in [0.2, 0.25) is 0 Å². The maximum absolute atomic E-state index is 13.0. The molecular formula is C24H23N5O2. The van der Waals surface area contributed by atoms with Gasteiger partial charge in [-0.25, -0.2) is 4.68 Å². The minimum Gasteiger partial charge on any atom is -0.489 e. The van der Waals surface area contributed by atoms with Crippen LogP contribution in [-0.4, -0.2) is 37.6 Å². The number of rotatable bonds is 8. The number of carbonyl (C=O) groups is 1. The van der Waals surface area contributed by atoms with Crippen molar-refractivity contribution in [3.8, 4) is 11.4 Å². The van der Waals surface area contributed by atoms with Gasteiger partial charge in [0.25, 0.3) is 5.91 Å². The molecule has 0 aliphatic carbocycles. The molecule has 0 saturated carbocycles. The molecule has 31 heavy (non-hydrogen) atoms. The quantitative estimate of drug-likeness (QED) is 0.438. The lowest BCUT2D eigenvalue weighted by molar-refractivity contribution is 0.0752. The minimum absolute atomic E-state index is 0.0184. The van der Waals surface area contributed by atoms with Crippen LogP contribution in [0.5, 0.6) is 5.75 Å². The monoisotopic (exact) mass is 413 g/mol. The second-order valence-corrected chi connectivity index (χ2v) is 7.04. The molecule has 4 aromatic rings. The molecule has 1 heterocycles. The van der Waals surface area contributed by atoms with E-state index in [1.807, 2.05) is 78.6 Å². The van der Waals surface area contributed by atoms with Crippen molar-refractivity contribution in [1.82, 2.24) is 25.1 Å². The van der Waals surface area contributed by atoms with Crippen molar-refractivity contribution in [2.75, 3.05) is 6.54 Å². The molecule has 0 N–H and O–H groups in total. The number of hydrogen-bond acceptors (Lipinski definition) is 5. The Hall–Kier alpha value is -4.00. The average molecular weight is 413 g/mol. The van der Waals surface area contributed by atoms with Gasteiger partial charge in [-0.2, -0.15) is 0 Å². The van der Waals surface area contributed by atoms with Gasteiger partial charge in [-0.15, -0.1) is 5.10 Å². The van der Waals surface area contributed by atoms with E-state index in [2.05, 4.69) is 15.5 Å². The van der Waals surface area contributed by atoms with E-state index in [1.54, 1.807) is 16.8 Å². The van der Waals surface area contributed by atoms with Crippen molar-refractivity contribution >= 4 is 5.91 Å². The highest BCUT2D eigenvalue weighted by molar-refractivity contribution is 5.94. The van der Waals surface area contributed by atoms with Gasteiger partial charge in [0.05, 0.1) is 5.69 Å². The average Bonchev–Trinajstić information content (AvgIpc) is 3.37. The molecule has 156 valence electrons. The summed E-state index contributed by atoms with van der Waals surface area (Å²) in [7, 11) is 0. The zero-order valence-electron chi connectivity index (χ0n) is 17.3. The van der Waals surface area contributed by atoms with Crippen molar-refractivity contribution in [1.29, 1.82) is 0 Å². The lowest BCUT2D eigenvalue weighted by atomic mass is 10.1. The molecule has 4 rings (SSSR count). The van der Waals surface area contributed by atoms with Crippen LogP contribution >= 0.6 is 0 Å². The van der Waals surface area contributed by atoms with E-state index in [0.717, 1.165) is 22.6 Å². The first-order valence-corrected chi connectivity index (χ1v) is 10.1. The summed E-state index contributed by atoms with van der Waals surface area (Å²) < 4.78 is 7.39. The van der Waals surface area contributed by atoms with Crippen molar-refractivity contribution < 1.29 is 9.53 Å². The highest BCUT2D eigenvalue weighted by atomic mass is 16.5. The summed E-state index contributed by atoms with van der Waals surface area (Å²) >= 11 is 0. The zero-order chi connectivity index (χ0) is 21.5. The molecule has 0 fully saturated rings. The number of amides is 1. The molecule has 0 saturated heterocycles. The third kappa shape index (κ3) is 5.14. The molecule has 0 spiro atoms. The first kappa shape index (κ1) is 20.3. The van der Waals surface area contributed by atoms with Gasteiger partial charge < -0.3 is 9.64 Å². The maximum atomic E-state index is 13.0. The summed E-state index contributed by atoms with van der Waals surface area (Å²) in [6.45, 7) is 3.65. The summed E-state index contributed by atoms with van der Waals surface area (Å²) in [6, 6.07) is 25.2. The van der Waals surface area contributed by atoms with E-state index < -0.39 is 0 Å². The first-order valence-electron chi connectivity index (χ1n) is 10.1. The van der Waals surface area contributed by atoms with Crippen LogP contribution in [0.3, 0.4) is 0 Å². The molecule has 0 unspecified atom stereocenters. The van der Waals surface area contributed by atoms with Crippen LogP contribution in [0.15, 0.2) is 85.2 Å². The summed E-state index contributed by atoms with van der Waals surface area (Å²) in [4.78, 5) is 14.8. The van der Waals surface area contributed by atoms with Crippen LogP contribution in [0.25, 0.3) is 5.69 Å². The van der Waals surface area contributed by atoms with Gasteiger partial charge in [0.1, 0.15) is 18.7 Å². The second-order valence-electron chi connectivity index (χ2n) is 7.04. The molecule has 1 amide bonds. The van der Waals surface area contributed by atoms with E-state index in [-0.39, 0.29) is 5.91 Å². The van der Waals surface area contributed by atoms with Gasteiger partial charge >= 0.3 is 0 Å². The molecule has 7 nitrogen and oxygen atoms in total. The molecule has 1 aromatic heterocycles. The molecule has 0 atom stereocenters. The van der Waals surface area contributed by atoms with Crippen molar-refractivity contribution in [2.24, 2.45) is 0 Å². The molecular weight excluding hydrogens is 390 g/mol. The highest BCUT2D eigenvalue weighted by Crippen LogP contribution is 2.17. The normalized spacial score (nSPS) is 10.6. The fourth-order valence-electron chi connectivity index (χ4n) is 3.20. The smallest absolute Gasteiger partial charge is 0.254 e. The van der Waals surface area contributed by atoms with Gasteiger partial charge in [-0.05, 0) is 64.9 Å². The van der Waals surface area contributed by atoms with Crippen LogP contribution in [0.1, 0.15) is 28.4 Å². The van der Waals surface area contributed by atoms with Crippen LogP contribution in [-0.2, 0) is 13.2 Å². The Labute approximate surface area is 180 Å². The largest absolute Gasteiger partial charge is 0.489 e. The minimum atomic E-state index is -0.0184. The Morgan fingerprint density at radius 3 is 2.32 bits per heavy atom. The highest BCUT2D eigenvalue weighted by Gasteiger charge is 2.15. The van der Waals surface area contributed by atoms with Gasteiger partial charge in [0, 0.05) is 18.7 Å². The number of nitrogens with zero attached hydrogens (tertiary/aromatic N) is 5. The summed E-state index contributed by atoms with van der Waals surface area (Å²) in [5, 5.41) is 11.1. The first-order chi connectivity index (χ1) is 15.2. The molecule has 3 aromatic carbocycles. The van der Waals surface area contributed by atoms with Gasteiger partial charge in [-0.3, -0.25) is 4.79 Å². The summed E-state index contributed by atoms with van der Waals surface area (Å²) in [5.41, 5.74) is 3.60. The van der Waals surface area contributed by atoms with Crippen LogP contribution in [0.2, 0.25) is 0 Å². The van der Waals surface area contributed by atoms with Crippen molar-refractivity contribution in [2.45, 2.75) is 20.1 Å². The van der Waals surface area contributed by atoms with Crippen LogP contribution in [0, 0.1) is 0 Å². The lowest BCUT2D eigenvalue weighted by Gasteiger charge is -2.21. The number of ether oxygens (including phenoxy) is 1. The predicted octanol–water partition coefficient (Wildman–Crippen LogP) is 3.90. The van der Waals surface area contributed by atoms with Gasteiger partial charge in [0.15, 0.2) is 0 Å². The third-order valence-corrected chi connectivity index (χ3v) is 4.94. The maximum Gasteiger partial charge on any atom is 0.254 e. The Morgan fingerprint density at radius 1 is 0.935 bits per heavy atom. The number of aromatic nitrogens is 4. The Balaban J connectivity index is 1.37. The summed E-state index contributed by atoms with van der Waals surface area (Å²) in [5.74, 6) is 0.787. The molecule has 0 aliphatic heterocycles. The predicted molar refractivity (Wildman–Crippen MR) is 117 cm³/mol. The van der Waals surface area contributed by atoms with E-state index >= 15 is 0 Å². The third-order valence-electron chi connectivity index (χ3n) is 4.94. The fourth-order valence-corrected chi connectivity index (χ4v) is 3.20. The zero-order valence-corrected chi connectivity index (χ0v) is 17.3. The fraction of sp³-hybridized carbons (Fsp3) is 0.167. The number of tetrazole rings is 1. The summed E-state index contributed by atoms with van der Waals surface area (Å²) in [6.07, 6.45) is 1.52. The van der Waals surface area contributed by atoms with Gasteiger partial charge in [-0.1, -0.05) is 42.5 Å². The number of benzene rings is 3. The van der Waals surface area contributed by atoms with E-state index in [9.17, 15) is 4.79 Å². The molecule has 7 heteroatoms. The molecule has 0 bridgehead atoms. The van der Waals surface area contributed by atoms with Crippen molar-refractivity contribution in [3.63, 3.8) is 0 Å². The Morgan fingerprint density at radius 2 is 1.68 bits per heavy atom.